The first-order chi connectivity index (χ1) is 13.1. The number of benzene rings is 1. The number of carbonyl (C=O) groups is 1. The van der Waals surface area contributed by atoms with Crippen LogP contribution in [0.1, 0.15) is 38.7 Å². The van der Waals surface area contributed by atoms with Gasteiger partial charge in [0.1, 0.15) is 0 Å². The number of anilines is 2. The highest BCUT2D eigenvalue weighted by Crippen LogP contribution is 2.24. The van der Waals surface area contributed by atoms with Gasteiger partial charge in [-0.25, -0.2) is 4.68 Å². The Morgan fingerprint density at radius 3 is 2.89 bits per heavy atom. The molecule has 1 aliphatic rings. The molecule has 27 heavy (non-hydrogen) atoms. The third-order valence-electron chi connectivity index (χ3n) is 5.13. The quantitative estimate of drug-likeness (QED) is 0.851. The van der Waals surface area contributed by atoms with Crippen LogP contribution in [0.3, 0.4) is 0 Å². The minimum absolute atomic E-state index is 0.0506. The number of nitrogens with zero attached hydrogens (tertiary/aromatic N) is 3. The largest absolute Gasteiger partial charge is 0.370 e. The average molecular weight is 368 g/mol. The van der Waals surface area contributed by atoms with Gasteiger partial charge >= 0.3 is 0 Å². The van der Waals surface area contributed by atoms with Crippen LogP contribution < -0.4 is 15.8 Å². The summed E-state index contributed by atoms with van der Waals surface area (Å²) in [6, 6.07) is 9.64. The van der Waals surface area contributed by atoms with Crippen LogP contribution in [-0.4, -0.2) is 28.8 Å². The predicted molar refractivity (Wildman–Crippen MR) is 108 cm³/mol. The lowest BCUT2D eigenvalue weighted by Crippen LogP contribution is -2.38. The summed E-state index contributed by atoms with van der Waals surface area (Å²) in [5.41, 5.74) is 2.85. The van der Waals surface area contributed by atoms with E-state index in [0.717, 1.165) is 43.7 Å². The van der Waals surface area contributed by atoms with Crippen molar-refractivity contribution in [2.24, 2.45) is 5.92 Å². The maximum atomic E-state index is 12.5. The molecule has 1 aliphatic heterocycles. The van der Waals surface area contributed by atoms with Crippen molar-refractivity contribution in [3.63, 3.8) is 0 Å². The summed E-state index contributed by atoms with van der Waals surface area (Å²) >= 11 is 0. The van der Waals surface area contributed by atoms with Crippen LogP contribution in [0.25, 0.3) is 0 Å². The highest BCUT2D eigenvalue weighted by atomic mass is 16.1. The molecule has 1 amide bonds. The van der Waals surface area contributed by atoms with Crippen molar-refractivity contribution in [2.45, 2.75) is 46.1 Å². The topological polar surface area (TPSA) is 67.2 Å². The lowest BCUT2D eigenvalue weighted by Gasteiger charge is -2.34. The molecule has 1 fully saturated rings. The van der Waals surface area contributed by atoms with Crippen molar-refractivity contribution >= 4 is 17.3 Å². The van der Waals surface area contributed by atoms with Gasteiger partial charge < -0.3 is 10.2 Å². The van der Waals surface area contributed by atoms with Gasteiger partial charge in [0.25, 0.3) is 5.56 Å². The number of carbonyl (C=O) groups excluding carboxylic acids is 1. The lowest BCUT2D eigenvalue weighted by atomic mass is 9.94. The maximum absolute atomic E-state index is 12.5. The first-order valence-corrected chi connectivity index (χ1v) is 9.80. The molecule has 6 nitrogen and oxygen atoms in total. The fourth-order valence-corrected chi connectivity index (χ4v) is 3.64. The molecule has 2 aromatic rings. The van der Waals surface area contributed by atoms with E-state index in [1.807, 2.05) is 25.1 Å². The van der Waals surface area contributed by atoms with Crippen molar-refractivity contribution in [2.75, 3.05) is 23.3 Å². The summed E-state index contributed by atoms with van der Waals surface area (Å²) in [6.07, 6.45) is 5.24. The molecule has 0 radical (unpaired) electrons. The summed E-state index contributed by atoms with van der Waals surface area (Å²) in [4.78, 5) is 26.7. The molecule has 1 aromatic heterocycles. The van der Waals surface area contributed by atoms with Gasteiger partial charge in [-0.1, -0.05) is 19.1 Å². The van der Waals surface area contributed by atoms with E-state index < -0.39 is 0 Å². The minimum atomic E-state index is -0.0781. The van der Waals surface area contributed by atoms with Crippen LogP contribution >= 0.6 is 0 Å². The number of nitrogens with one attached hydrogen (secondary N) is 1. The summed E-state index contributed by atoms with van der Waals surface area (Å²) in [6.45, 7) is 6.25. The lowest BCUT2D eigenvalue weighted by molar-refractivity contribution is -0.117. The molecular formula is C21H28N4O2. The Morgan fingerprint density at radius 1 is 1.30 bits per heavy atom. The number of rotatable bonds is 6. The molecule has 1 atom stereocenters. The van der Waals surface area contributed by atoms with Crippen molar-refractivity contribution < 1.29 is 4.79 Å². The van der Waals surface area contributed by atoms with Crippen molar-refractivity contribution in [3.8, 4) is 0 Å². The highest BCUT2D eigenvalue weighted by Gasteiger charge is 2.23. The number of aryl methyl sites for hydroxylation is 2. The molecular weight excluding hydrogens is 340 g/mol. The fraction of sp³-hybridized carbons (Fsp3) is 0.476. The monoisotopic (exact) mass is 368 g/mol. The third-order valence-corrected chi connectivity index (χ3v) is 5.13. The van der Waals surface area contributed by atoms with Crippen molar-refractivity contribution in [1.82, 2.24) is 9.78 Å². The summed E-state index contributed by atoms with van der Waals surface area (Å²) in [5, 5.41) is 7.23. The molecule has 3 rings (SSSR count). The van der Waals surface area contributed by atoms with Gasteiger partial charge in [0.2, 0.25) is 5.91 Å². The second-order valence-electron chi connectivity index (χ2n) is 7.13. The number of hydrogen-bond donors (Lipinski definition) is 1. The highest BCUT2D eigenvalue weighted by molar-refractivity contribution is 5.91. The van der Waals surface area contributed by atoms with E-state index in [2.05, 4.69) is 28.3 Å². The first-order valence-electron chi connectivity index (χ1n) is 9.80. The normalized spacial score (nSPS) is 17.0. The van der Waals surface area contributed by atoms with Crippen LogP contribution in [-0.2, 0) is 17.8 Å². The van der Waals surface area contributed by atoms with Crippen LogP contribution in [0.15, 0.2) is 41.3 Å². The van der Waals surface area contributed by atoms with Gasteiger partial charge in [-0.05, 0) is 49.8 Å². The maximum Gasteiger partial charge on any atom is 0.268 e. The molecule has 0 bridgehead atoms. The van der Waals surface area contributed by atoms with Crippen molar-refractivity contribution in [1.29, 1.82) is 0 Å². The zero-order valence-corrected chi connectivity index (χ0v) is 16.1. The Bertz CT molecular complexity index is 846. The molecule has 1 unspecified atom stereocenters. The number of aromatic nitrogens is 2. The van der Waals surface area contributed by atoms with Crippen molar-refractivity contribution in [3.05, 3.63) is 52.4 Å². The number of hydrogen-bond acceptors (Lipinski definition) is 4. The Hall–Kier alpha value is -2.63. The smallest absolute Gasteiger partial charge is 0.268 e. The summed E-state index contributed by atoms with van der Waals surface area (Å²) < 4.78 is 1.45. The van der Waals surface area contributed by atoms with Crippen LogP contribution in [0.5, 0.6) is 0 Å². The zero-order chi connectivity index (χ0) is 19.2. The molecule has 0 aliphatic carbocycles. The van der Waals surface area contributed by atoms with E-state index in [9.17, 15) is 9.59 Å². The minimum Gasteiger partial charge on any atom is -0.370 e. The SMILES string of the molecule is CCc1cccc(NC(=O)CC2CCCN(c3cnn(CC)c(=O)c3)C2)c1. The summed E-state index contributed by atoms with van der Waals surface area (Å²) in [7, 11) is 0. The Balaban J connectivity index is 1.60. The molecule has 0 saturated carbocycles. The van der Waals surface area contributed by atoms with Crippen LogP contribution in [0.2, 0.25) is 0 Å². The van der Waals surface area contributed by atoms with E-state index in [1.165, 1.54) is 10.2 Å². The molecule has 0 spiro atoms. The van der Waals surface area contributed by atoms with Gasteiger partial charge in [-0.15, -0.1) is 0 Å². The van der Waals surface area contributed by atoms with E-state index in [0.29, 0.717) is 13.0 Å². The first kappa shape index (κ1) is 19.1. The van der Waals surface area contributed by atoms with E-state index in [1.54, 1.807) is 12.3 Å². The van der Waals surface area contributed by atoms with Gasteiger partial charge in [0.15, 0.2) is 0 Å². The Morgan fingerprint density at radius 2 is 2.15 bits per heavy atom. The average Bonchev–Trinajstić information content (AvgIpc) is 2.68. The summed E-state index contributed by atoms with van der Waals surface area (Å²) in [5.74, 6) is 0.330. The standard InChI is InChI=1S/C21H28N4O2/c1-3-16-7-5-9-18(11-16)23-20(26)12-17-8-6-10-24(15-17)19-13-21(27)25(4-2)22-14-19/h5,7,9,11,13-14,17H,3-4,6,8,10,12,15H2,1-2H3,(H,23,26). The Kier molecular flexibility index (Phi) is 6.27. The van der Waals surface area contributed by atoms with Gasteiger partial charge in [-0.2, -0.15) is 5.10 Å². The van der Waals surface area contributed by atoms with E-state index in [4.69, 9.17) is 0 Å². The molecule has 1 saturated heterocycles. The number of amides is 1. The van der Waals surface area contributed by atoms with Crippen LogP contribution in [0, 0.1) is 5.92 Å². The fourth-order valence-electron chi connectivity index (χ4n) is 3.64. The second kappa shape index (κ2) is 8.84. The van der Waals surface area contributed by atoms with Gasteiger partial charge in [0, 0.05) is 37.8 Å². The van der Waals surface area contributed by atoms with Gasteiger partial charge in [-0.3, -0.25) is 9.59 Å². The zero-order valence-electron chi connectivity index (χ0n) is 16.1. The third kappa shape index (κ3) is 4.96. The molecule has 144 valence electrons. The van der Waals surface area contributed by atoms with Crippen LogP contribution in [0.4, 0.5) is 11.4 Å². The Labute approximate surface area is 160 Å². The predicted octanol–water partition coefficient (Wildman–Crippen LogP) is 3.07. The van der Waals surface area contributed by atoms with E-state index in [-0.39, 0.29) is 17.4 Å². The number of piperidine rings is 1. The molecule has 1 aromatic carbocycles. The second-order valence-corrected chi connectivity index (χ2v) is 7.13. The molecule has 6 heteroatoms. The van der Waals surface area contributed by atoms with E-state index >= 15 is 0 Å². The molecule has 1 N–H and O–H groups in total. The van der Waals surface area contributed by atoms with Gasteiger partial charge in [0.05, 0.1) is 11.9 Å². The molecule has 2 heterocycles.